The first-order valence-electron chi connectivity index (χ1n) is 7.09. The van der Waals surface area contributed by atoms with Crippen LogP contribution in [0.3, 0.4) is 0 Å². The molecule has 2 rings (SSSR count). The van der Waals surface area contributed by atoms with Gasteiger partial charge in [-0.1, -0.05) is 0 Å². The van der Waals surface area contributed by atoms with Crippen molar-refractivity contribution in [2.75, 3.05) is 20.1 Å². The third-order valence-corrected chi connectivity index (χ3v) is 4.05. The summed E-state index contributed by atoms with van der Waals surface area (Å²) in [6, 6.07) is 4.09. The van der Waals surface area contributed by atoms with E-state index < -0.39 is 0 Å². The fraction of sp³-hybridized carbons (Fsp3) is 0.600. The summed E-state index contributed by atoms with van der Waals surface area (Å²) in [6.07, 6.45) is 8.74. The van der Waals surface area contributed by atoms with E-state index in [0.717, 1.165) is 45.2 Å². The molecule has 1 fully saturated rings. The van der Waals surface area contributed by atoms with Gasteiger partial charge in [0.1, 0.15) is 0 Å². The lowest BCUT2D eigenvalue weighted by Crippen LogP contribution is -2.49. The van der Waals surface area contributed by atoms with E-state index >= 15 is 0 Å². The van der Waals surface area contributed by atoms with Crippen molar-refractivity contribution in [3.63, 3.8) is 0 Å². The molecule has 0 saturated carbocycles. The quantitative estimate of drug-likeness (QED) is 0.845. The molecular weight excluding hydrogens is 238 g/mol. The topological polar surface area (TPSA) is 54.0 Å². The van der Waals surface area contributed by atoms with Crippen LogP contribution in [0.1, 0.15) is 31.2 Å². The molecule has 1 aliphatic heterocycles. The second kappa shape index (κ2) is 6.66. The fourth-order valence-corrected chi connectivity index (χ4v) is 2.93. The van der Waals surface area contributed by atoms with Gasteiger partial charge in [0, 0.05) is 26.0 Å². The van der Waals surface area contributed by atoms with E-state index in [2.05, 4.69) is 15.6 Å². The molecule has 0 unspecified atom stereocenters. The van der Waals surface area contributed by atoms with E-state index in [1.807, 2.05) is 24.5 Å². The average molecular weight is 261 g/mol. The predicted octanol–water partition coefficient (Wildman–Crippen LogP) is 1.52. The maximum Gasteiger partial charge on any atom is 0.227 e. The first kappa shape index (κ1) is 14.0. The average Bonchev–Trinajstić information content (AvgIpc) is 2.48. The van der Waals surface area contributed by atoms with E-state index in [9.17, 15) is 4.79 Å². The molecule has 1 aliphatic rings. The molecule has 1 saturated heterocycles. The smallest absolute Gasteiger partial charge is 0.227 e. The number of nitrogens with zero attached hydrogens (tertiary/aromatic N) is 1. The molecule has 0 spiro atoms. The zero-order valence-corrected chi connectivity index (χ0v) is 11.6. The number of nitrogens with one attached hydrogen (secondary N) is 2. The molecule has 1 aromatic rings. The fourth-order valence-electron chi connectivity index (χ4n) is 2.93. The maximum absolute atomic E-state index is 12.2. The van der Waals surface area contributed by atoms with Gasteiger partial charge in [-0.15, -0.1) is 0 Å². The minimum absolute atomic E-state index is 0.189. The van der Waals surface area contributed by atoms with Gasteiger partial charge in [-0.25, -0.2) is 0 Å². The molecule has 19 heavy (non-hydrogen) atoms. The van der Waals surface area contributed by atoms with Crippen LogP contribution in [-0.2, 0) is 11.2 Å². The number of amides is 1. The molecule has 104 valence electrons. The van der Waals surface area contributed by atoms with Crippen molar-refractivity contribution in [3.05, 3.63) is 30.1 Å². The monoisotopic (exact) mass is 261 g/mol. The summed E-state index contributed by atoms with van der Waals surface area (Å²) in [5.74, 6) is 0.189. The van der Waals surface area contributed by atoms with E-state index in [0.29, 0.717) is 0 Å². The third kappa shape index (κ3) is 3.53. The Morgan fingerprint density at radius 2 is 2.26 bits per heavy atom. The van der Waals surface area contributed by atoms with Gasteiger partial charge in [-0.05, 0) is 56.3 Å². The molecule has 0 aromatic carbocycles. The lowest BCUT2D eigenvalue weighted by molar-refractivity contribution is -0.132. The zero-order chi connectivity index (χ0) is 13.6. The molecule has 4 nitrogen and oxygen atoms in total. The van der Waals surface area contributed by atoms with E-state index in [1.165, 1.54) is 5.56 Å². The second-order valence-corrected chi connectivity index (χ2v) is 5.35. The molecule has 2 heterocycles. The summed E-state index contributed by atoms with van der Waals surface area (Å²) >= 11 is 0. The van der Waals surface area contributed by atoms with Crippen LogP contribution in [0.4, 0.5) is 0 Å². The summed E-state index contributed by atoms with van der Waals surface area (Å²) in [4.78, 5) is 16.2. The highest BCUT2D eigenvalue weighted by Gasteiger charge is 2.38. The number of hydrogen-bond acceptors (Lipinski definition) is 3. The number of aryl methyl sites for hydroxylation is 1. The minimum atomic E-state index is -0.208. The predicted molar refractivity (Wildman–Crippen MR) is 75.8 cm³/mol. The van der Waals surface area contributed by atoms with Crippen molar-refractivity contribution in [2.24, 2.45) is 5.41 Å². The van der Waals surface area contributed by atoms with Crippen molar-refractivity contribution in [1.82, 2.24) is 15.6 Å². The Morgan fingerprint density at radius 1 is 1.47 bits per heavy atom. The van der Waals surface area contributed by atoms with Gasteiger partial charge in [-0.3, -0.25) is 9.78 Å². The van der Waals surface area contributed by atoms with E-state index in [-0.39, 0.29) is 11.3 Å². The Bertz CT molecular complexity index is 399. The number of carbonyl (C=O) groups is 1. The van der Waals surface area contributed by atoms with Crippen LogP contribution in [0.2, 0.25) is 0 Å². The number of hydrogen-bond donors (Lipinski definition) is 2. The summed E-state index contributed by atoms with van der Waals surface area (Å²) in [6.45, 7) is 1.84. The maximum atomic E-state index is 12.2. The SMILES string of the molecule is CNC(=O)[C@@]1(CCCc2ccncc2)CCCNC1. The Kier molecular flexibility index (Phi) is 4.91. The van der Waals surface area contributed by atoms with Crippen LogP contribution in [0, 0.1) is 5.41 Å². The molecule has 0 bridgehead atoms. The summed E-state index contributed by atoms with van der Waals surface area (Å²) in [5, 5.41) is 6.20. The van der Waals surface area contributed by atoms with Crippen LogP contribution >= 0.6 is 0 Å². The summed E-state index contributed by atoms with van der Waals surface area (Å²) < 4.78 is 0. The summed E-state index contributed by atoms with van der Waals surface area (Å²) in [5.41, 5.74) is 1.09. The van der Waals surface area contributed by atoms with E-state index in [1.54, 1.807) is 7.05 Å². The van der Waals surface area contributed by atoms with Crippen LogP contribution < -0.4 is 10.6 Å². The van der Waals surface area contributed by atoms with Gasteiger partial charge in [0.2, 0.25) is 5.91 Å². The highest BCUT2D eigenvalue weighted by molar-refractivity contribution is 5.82. The largest absolute Gasteiger partial charge is 0.359 e. The van der Waals surface area contributed by atoms with Crippen molar-refractivity contribution >= 4 is 5.91 Å². The van der Waals surface area contributed by atoms with Crippen molar-refractivity contribution in [2.45, 2.75) is 32.1 Å². The highest BCUT2D eigenvalue weighted by atomic mass is 16.2. The Hall–Kier alpha value is -1.42. The van der Waals surface area contributed by atoms with Crippen LogP contribution in [0.25, 0.3) is 0 Å². The molecule has 4 heteroatoms. The molecule has 0 radical (unpaired) electrons. The van der Waals surface area contributed by atoms with Gasteiger partial charge in [0.05, 0.1) is 5.41 Å². The number of aromatic nitrogens is 1. The van der Waals surface area contributed by atoms with Gasteiger partial charge in [-0.2, -0.15) is 0 Å². The van der Waals surface area contributed by atoms with Gasteiger partial charge in [0.25, 0.3) is 0 Å². The molecule has 0 aliphatic carbocycles. The van der Waals surface area contributed by atoms with Gasteiger partial charge in [0.15, 0.2) is 0 Å². The molecule has 2 N–H and O–H groups in total. The van der Waals surface area contributed by atoms with Crippen LogP contribution in [0.5, 0.6) is 0 Å². The third-order valence-electron chi connectivity index (χ3n) is 4.05. The highest BCUT2D eigenvalue weighted by Crippen LogP contribution is 2.32. The second-order valence-electron chi connectivity index (χ2n) is 5.35. The van der Waals surface area contributed by atoms with Crippen LogP contribution in [-0.4, -0.2) is 31.0 Å². The Labute approximate surface area is 115 Å². The van der Waals surface area contributed by atoms with Crippen LogP contribution in [0.15, 0.2) is 24.5 Å². The van der Waals surface area contributed by atoms with Crippen molar-refractivity contribution in [1.29, 1.82) is 0 Å². The Balaban J connectivity index is 1.91. The molecule has 1 aromatic heterocycles. The van der Waals surface area contributed by atoms with Crippen molar-refractivity contribution in [3.8, 4) is 0 Å². The number of carbonyl (C=O) groups excluding carboxylic acids is 1. The number of pyridine rings is 1. The summed E-state index contributed by atoms with van der Waals surface area (Å²) in [7, 11) is 1.74. The first-order chi connectivity index (χ1) is 9.27. The lowest BCUT2D eigenvalue weighted by Gasteiger charge is -2.36. The van der Waals surface area contributed by atoms with Gasteiger partial charge < -0.3 is 10.6 Å². The normalized spacial score (nSPS) is 23.0. The first-order valence-corrected chi connectivity index (χ1v) is 7.09. The molecular formula is C15H23N3O. The lowest BCUT2D eigenvalue weighted by atomic mass is 9.75. The molecule has 1 atom stereocenters. The van der Waals surface area contributed by atoms with Gasteiger partial charge >= 0.3 is 0 Å². The zero-order valence-electron chi connectivity index (χ0n) is 11.6. The number of piperidine rings is 1. The standard InChI is InChI=1S/C15H23N3O/c1-16-14(19)15(8-3-9-18-12-15)7-2-4-13-5-10-17-11-6-13/h5-6,10-11,18H,2-4,7-9,12H2,1H3,(H,16,19)/t15-/m0/s1. The van der Waals surface area contributed by atoms with E-state index in [4.69, 9.17) is 0 Å². The molecule has 1 amide bonds. The van der Waals surface area contributed by atoms with Crippen molar-refractivity contribution < 1.29 is 4.79 Å². The Morgan fingerprint density at radius 3 is 2.89 bits per heavy atom. The minimum Gasteiger partial charge on any atom is -0.359 e. The number of rotatable bonds is 5.